The third kappa shape index (κ3) is 2.24. The topological polar surface area (TPSA) is 27.0 Å². The van der Waals surface area contributed by atoms with Crippen molar-refractivity contribution in [1.29, 1.82) is 5.26 Å². The van der Waals surface area contributed by atoms with Crippen LogP contribution in [0.5, 0.6) is 0 Å². The molecule has 0 unspecified atom stereocenters. The van der Waals surface area contributed by atoms with Gasteiger partial charge in [-0.15, -0.1) is 0 Å². The Morgan fingerprint density at radius 3 is 2.47 bits per heavy atom. The van der Waals surface area contributed by atoms with E-state index >= 15 is 0 Å². The van der Waals surface area contributed by atoms with E-state index in [0.717, 1.165) is 30.1 Å². The summed E-state index contributed by atoms with van der Waals surface area (Å²) in [5, 5.41) is 9.74. The van der Waals surface area contributed by atoms with Crippen molar-refractivity contribution in [3.8, 4) is 6.07 Å². The average molecular weight is 221 g/mol. The highest BCUT2D eigenvalue weighted by Gasteiger charge is 2.44. The monoisotopic (exact) mass is 220 g/mol. The van der Waals surface area contributed by atoms with Crippen molar-refractivity contribution in [2.75, 3.05) is 18.5 Å². The lowest BCUT2D eigenvalue weighted by Gasteiger charge is -2.21. The summed E-state index contributed by atoms with van der Waals surface area (Å²) in [6.07, 6.45) is 2.06. The number of nitriles is 1. The van der Waals surface area contributed by atoms with Gasteiger partial charge in [-0.2, -0.15) is 5.26 Å². The van der Waals surface area contributed by atoms with Crippen LogP contribution < -0.4 is 4.90 Å². The van der Waals surface area contributed by atoms with Gasteiger partial charge in [-0.1, -0.05) is 11.6 Å². The predicted molar refractivity (Wildman–Crippen MR) is 62.0 cm³/mol. The molecule has 1 aromatic carbocycles. The highest BCUT2D eigenvalue weighted by Crippen LogP contribution is 2.45. The third-order valence-corrected chi connectivity index (χ3v) is 3.15. The molecule has 0 aliphatic heterocycles. The molecule has 0 aromatic heterocycles. The van der Waals surface area contributed by atoms with Crippen LogP contribution in [-0.2, 0) is 0 Å². The molecule has 1 aliphatic rings. The van der Waals surface area contributed by atoms with E-state index in [0.29, 0.717) is 0 Å². The van der Waals surface area contributed by atoms with Crippen LogP contribution in [0.15, 0.2) is 24.3 Å². The van der Waals surface area contributed by atoms with Gasteiger partial charge in [0.15, 0.2) is 0 Å². The van der Waals surface area contributed by atoms with Gasteiger partial charge in [0, 0.05) is 24.3 Å². The molecule has 0 N–H and O–H groups in total. The minimum absolute atomic E-state index is 0.0889. The van der Waals surface area contributed by atoms with Gasteiger partial charge >= 0.3 is 0 Å². The molecule has 3 heteroatoms. The molecule has 0 bridgehead atoms. The number of hydrogen-bond acceptors (Lipinski definition) is 2. The van der Waals surface area contributed by atoms with Crippen molar-refractivity contribution in [3.05, 3.63) is 29.3 Å². The summed E-state index contributed by atoms with van der Waals surface area (Å²) in [5.74, 6) is 0. The Kier molecular flexibility index (Phi) is 2.58. The molecule has 78 valence electrons. The summed E-state index contributed by atoms with van der Waals surface area (Å²) < 4.78 is 0. The molecule has 0 atom stereocenters. The minimum Gasteiger partial charge on any atom is -0.373 e. The SMILES string of the molecule is CN(CC1(C#N)CC1)c1ccc(Cl)cc1. The van der Waals surface area contributed by atoms with Crippen LogP contribution in [0.3, 0.4) is 0 Å². The second kappa shape index (κ2) is 3.75. The molecule has 0 amide bonds. The summed E-state index contributed by atoms with van der Waals surface area (Å²) in [4.78, 5) is 2.12. The second-order valence-corrected chi connectivity index (χ2v) is 4.66. The number of rotatable bonds is 3. The largest absolute Gasteiger partial charge is 0.373 e. The molecule has 1 saturated carbocycles. The van der Waals surface area contributed by atoms with Crippen LogP contribution in [-0.4, -0.2) is 13.6 Å². The van der Waals surface area contributed by atoms with Crippen molar-refractivity contribution < 1.29 is 0 Å². The lowest BCUT2D eigenvalue weighted by molar-refractivity contribution is 0.653. The van der Waals surface area contributed by atoms with Crippen molar-refractivity contribution in [3.63, 3.8) is 0 Å². The second-order valence-electron chi connectivity index (χ2n) is 4.22. The van der Waals surface area contributed by atoms with Crippen molar-refractivity contribution in [2.24, 2.45) is 5.41 Å². The summed E-state index contributed by atoms with van der Waals surface area (Å²) in [6, 6.07) is 10.1. The minimum atomic E-state index is -0.0889. The Labute approximate surface area is 95.1 Å². The first kappa shape index (κ1) is 10.3. The summed E-state index contributed by atoms with van der Waals surface area (Å²) in [5.41, 5.74) is 1.02. The quantitative estimate of drug-likeness (QED) is 0.783. The lowest BCUT2D eigenvalue weighted by Crippen LogP contribution is -2.25. The zero-order chi connectivity index (χ0) is 10.9. The smallest absolute Gasteiger partial charge is 0.0749 e. The molecule has 1 aromatic rings. The summed E-state index contributed by atoms with van der Waals surface area (Å²) in [6.45, 7) is 0.811. The van der Waals surface area contributed by atoms with Gasteiger partial charge in [-0.05, 0) is 37.1 Å². The Morgan fingerprint density at radius 2 is 2.00 bits per heavy atom. The molecular formula is C12H13ClN2. The Bertz CT molecular complexity index is 387. The van der Waals surface area contributed by atoms with Crippen LogP contribution in [0.25, 0.3) is 0 Å². The van der Waals surface area contributed by atoms with Crippen LogP contribution >= 0.6 is 11.6 Å². The molecule has 0 heterocycles. The van der Waals surface area contributed by atoms with E-state index in [9.17, 15) is 0 Å². The standard InChI is InChI=1S/C12H13ClN2/c1-15(9-12(8-14)6-7-12)11-4-2-10(13)3-5-11/h2-5H,6-7,9H2,1H3. The van der Waals surface area contributed by atoms with Crippen molar-refractivity contribution in [2.45, 2.75) is 12.8 Å². The molecule has 15 heavy (non-hydrogen) atoms. The fraction of sp³-hybridized carbons (Fsp3) is 0.417. The number of hydrogen-bond donors (Lipinski definition) is 0. The van der Waals surface area contributed by atoms with Crippen molar-refractivity contribution in [1.82, 2.24) is 0 Å². The van der Waals surface area contributed by atoms with Gasteiger partial charge in [0.25, 0.3) is 0 Å². The normalized spacial score (nSPS) is 16.9. The molecule has 2 nitrogen and oxygen atoms in total. The van der Waals surface area contributed by atoms with Crippen LogP contribution in [0, 0.1) is 16.7 Å². The predicted octanol–water partition coefficient (Wildman–Crippen LogP) is 3.08. The van der Waals surface area contributed by atoms with Gasteiger partial charge < -0.3 is 4.90 Å². The van der Waals surface area contributed by atoms with Crippen LogP contribution in [0.2, 0.25) is 5.02 Å². The zero-order valence-electron chi connectivity index (χ0n) is 8.70. The molecule has 1 fully saturated rings. The molecule has 1 aliphatic carbocycles. The molecule has 0 saturated heterocycles. The molecular weight excluding hydrogens is 208 g/mol. The average Bonchev–Trinajstić information content (AvgIpc) is 2.99. The van der Waals surface area contributed by atoms with E-state index in [-0.39, 0.29) is 5.41 Å². The Balaban J connectivity index is 2.05. The Hall–Kier alpha value is -1.20. The first-order chi connectivity index (χ1) is 7.15. The summed E-state index contributed by atoms with van der Waals surface area (Å²) >= 11 is 5.82. The van der Waals surface area contributed by atoms with E-state index < -0.39 is 0 Å². The van der Waals surface area contributed by atoms with Crippen LogP contribution in [0.4, 0.5) is 5.69 Å². The van der Waals surface area contributed by atoms with E-state index in [1.54, 1.807) is 0 Å². The highest BCUT2D eigenvalue weighted by atomic mass is 35.5. The number of nitrogens with zero attached hydrogens (tertiary/aromatic N) is 2. The summed E-state index contributed by atoms with van der Waals surface area (Å²) in [7, 11) is 2.01. The van der Waals surface area contributed by atoms with E-state index in [1.165, 1.54) is 0 Å². The first-order valence-electron chi connectivity index (χ1n) is 5.03. The molecule has 2 rings (SSSR count). The number of anilines is 1. The fourth-order valence-corrected chi connectivity index (χ4v) is 1.82. The van der Waals surface area contributed by atoms with Gasteiger partial charge in [0.05, 0.1) is 11.5 Å². The van der Waals surface area contributed by atoms with Crippen molar-refractivity contribution >= 4 is 17.3 Å². The molecule has 0 spiro atoms. The van der Waals surface area contributed by atoms with E-state index in [1.807, 2.05) is 31.3 Å². The molecule has 0 radical (unpaired) electrons. The van der Waals surface area contributed by atoms with E-state index in [4.69, 9.17) is 16.9 Å². The van der Waals surface area contributed by atoms with E-state index in [2.05, 4.69) is 11.0 Å². The van der Waals surface area contributed by atoms with Gasteiger partial charge in [0.2, 0.25) is 0 Å². The number of benzene rings is 1. The first-order valence-corrected chi connectivity index (χ1v) is 5.41. The third-order valence-electron chi connectivity index (χ3n) is 2.90. The number of halogens is 1. The fourth-order valence-electron chi connectivity index (χ4n) is 1.70. The van der Waals surface area contributed by atoms with Gasteiger partial charge in [-0.3, -0.25) is 0 Å². The maximum Gasteiger partial charge on any atom is 0.0749 e. The maximum atomic E-state index is 9.00. The van der Waals surface area contributed by atoms with Gasteiger partial charge in [0.1, 0.15) is 0 Å². The maximum absolute atomic E-state index is 9.00. The highest BCUT2D eigenvalue weighted by molar-refractivity contribution is 6.30. The zero-order valence-corrected chi connectivity index (χ0v) is 9.46. The lowest BCUT2D eigenvalue weighted by atomic mass is 10.1. The Morgan fingerprint density at radius 1 is 1.40 bits per heavy atom. The van der Waals surface area contributed by atoms with Gasteiger partial charge in [-0.25, -0.2) is 0 Å². The van der Waals surface area contributed by atoms with Crippen LogP contribution in [0.1, 0.15) is 12.8 Å².